The van der Waals surface area contributed by atoms with Crippen molar-refractivity contribution in [2.24, 2.45) is 4.99 Å². The standard InChI is InChI=1S/C26H32N2O2/c1-6-8-9-18-10-12-19(13-11-18)27-23-22-15-20(30-7-2)14-21-17(3)16-26(4,5)28(24(21)22)25(23)29/h10-15,17H,6-9,16H2,1-5H3/t17-/m0/s1. The van der Waals surface area contributed by atoms with Crippen LogP contribution in [-0.2, 0) is 11.2 Å². The first-order valence-corrected chi connectivity index (χ1v) is 11.2. The molecule has 1 amide bonds. The van der Waals surface area contributed by atoms with Gasteiger partial charge in [0.2, 0.25) is 0 Å². The monoisotopic (exact) mass is 404 g/mol. The van der Waals surface area contributed by atoms with Gasteiger partial charge in [-0.05, 0) is 81.3 Å². The third-order valence-electron chi connectivity index (χ3n) is 6.25. The molecule has 0 radical (unpaired) electrons. The van der Waals surface area contributed by atoms with Crippen LogP contribution in [0, 0.1) is 0 Å². The molecule has 2 aliphatic heterocycles. The molecule has 0 aromatic heterocycles. The Labute approximate surface area is 180 Å². The highest BCUT2D eigenvalue weighted by molar-refractivity contribution is 6.55. The Bertz CT molecular complexity index is 989. The van der Waals surface area contributed by atoms with E-state index in [0.717, 1.165) is 35.5 Å². The number of aryl methyl sites for hydroxylation is 1. The Hall–Kier alpha value is -2.62. The number of carbonyl (C=O) groups excluding carboxylic acids is 1. The van der Waals surface area contributed by atoms with Gasteiger partial charge in [0.05, 0.1) is 18.0 Å². The van der Waals surface area contributed by atoms with E-state index in [1.54, 1.807) is 0 Å². The van der Waals surface area contributed by atoms with Crippen molar-refractivity contribution in [3.63, 3.8) is 0 Å². The number of hydrogen-bond donors (Lipinski definition) is 0. The molecule has 2 heterocycles. The Kier molecular flexibility index (Phi) is 5.44. The van der Waals surface area contributed by atoms with E-state index in [-0.39, 0.29) is 11.4 Å². The smallest absolute Gasteiger partial charge is 0.278 e. The van der Waals surface area contributed by atoms with Crippen LogP contribution >= 0.6 is 0 Å². The van der Waals surface area contributed by atoms with Crippen molar-refractivity contribution in [2.45, 2.75) is 71.8 Å². The topological polar surface area (TPSA) is 41.9 Å². The quantitative estimate of drug-likeness (QED) is 0.577. The molecule has 4 heteroatoms. The maximum Gasteiger partial charge on any atom is 0.278 e. The van der Waals surface area contributed by atoms with Crippen LogP contribution < -0.4 is 9.64 Å². The second-order valence-electron chi connectivity index (χ2n) is 9.13. The SMILES string of the molecule is CCCCc1ccc(N=C2C(=O)N3c4c2cc(OCC)cc4[C@@H](C)CC3(C)C)cc1. The van der Waals surface area contributed by atoms with Crippen LogP contribution in [0.3, 0.4) is 0 Å². The highest BCUT2D eigenvalue weighted by atomic mass is 16.5. The first-order chi connectivity index (χ1) is 14.4. The Morgan fingerprint density at radius 3 is 2.57 bits per heavy atom. The highest BCUT2D eigenvalue weighted by Crippen LogP contribution is 2.50. The van der Waals surface area contributed by atoms with Crippen LogP contribution in [-0.4, -0.2) is 23.8 Å². The Balaban J connectivity index is 1.81. The van der Waals surface area contributed by atoms with Crippen LogP contribution in [0.5, 0.6) is 5.75 Å². The van der Waals surface area contributed by atoms with Crippen LogP contribution in [0.4, 0.5) is 11.4 Å². The number of hydrogen-bond acceptors (Lipinski definition) is 3. The molecule has 0 saturated heterocycles. The lowest BCUT2D eigenvalue weighted by Gasteiger charge is -2.43. The summed E-state index contributed by atoms with van der Waals surface area (Å²) in [5.41, 5.74) is 5.52. The Morgan fingerprint density at radius 2 is 1.90 bits per heavy atom. The number of amides is 1. The maximum atomic E-state index is 13.5. The van der Waals surface area contributed by atoms with Crippen molar-refractivity contribution < 1.29 is 9.53 Å². The first-order valence-electron chi connectivity index (χ1n) is 11.2. The number of ether oxygens (including phenoxy) is 1. The fourth-order valence-corrected chi connectivity index (χ4v) is 4.89. The minimum absolute atomic E-state index is 0.00754. The van der Waals surface area contributed by atoms with E-state index in [0.29, 0.717) is 18.2 Å². The molecule has 4 nitrogen and oxygen atoms in total. The molecule has 0 fully saturated rings. The molecule has 30 heavy (non-hydrogen) atoms. The van der Waals surface area contributed by atoms with Gasteiger partial charge in [-0.25, -0.2) is 4.99 Å². The van der Waals surface area contributed by atoms with Gasteiger partial charge in [-0.15, -0.1) is 0 Å². The molecule has 4 rings (SSSR count). The van der Waals surface area contributed by atoms with Gasteiger partial charge >= 0.3 is 0 Å². The van der Waals surface area contributed by atoms with Crippen LogP contribution in [0.25, 0.3) is 0 Å². The van der Waals surface area contributed by atoms with Crippen molar-refractivity contribution >= 4 is 23.0 Å². The van der Waals surface area contributed by atoms with E-state index >= 15 is 0 Å². The van der Waals surface area contributed by atoms with E-state index in [1.807, 2.05) is 30.0 Å². The molecule has 0 saturated carbocycles. The predicted molar refractivity (Wildman–Crippen MR) is 123 cm³/mol. The average molecular weight is 405 g/mol. The third kappa shape index (κ3) is 3.53. The van der Waals surface area contributed by atoms with Gasteiger partial charge < -0.3 is 9.64 Å². The fourth-order valence-electron chi connectivity index (χ4n) is 4.89. The minimum atomic E-state index is -0.243. The van der Waals surface area contributed by atoms with Crippen LogP contribution in [0.1, 0.15) is 76.5 Å². The number of carbonyl (C=O) groups is 1. The summed E-state index contributed by atoms with van der Waals surface area (Å²) in [6, 6.07) is 12.4. The fraction of sp³-hybridized carbons (Fsp3) is 0.462. The van der Waals surface area contributed by atoms with E-state index < -0.39 is 0 Å². The van der Waals surface area contributed by atoms with E-state index in [4.69, 9.17) is 9.73 Å². The summed E-state index contributed by atoms with van der Waals surface area (Å²) in [5, 5.41) is 0. The number of aliphatic imine (C=N–C) groups is 1. The largest absolute Gasteiger partial charge is 0.494 e. The van der Waals surface area contributed by atoms with Gasteiger partial charge in [0.25, 0.3) is 5.91 Å². The second kappa shape index (κ2) is 7.90. The van der Waals surface area contributed by atoms with Gasteiger partial charge in [-0.3, -0.25) is 4.79 Å². The normalized spacial score (nSPS) is 20.6. The molecule has 0 spiro atoms. The zero-order valence-corrected chi connectivity index (χ0v) is 18.8. The van der Waals surface area contributed by atoms with Gasteiger partial charge in [0.15, 0.2) is 0 Å². The summed E-state index contributed by atoms with van der Waals surface area (Å²) < 4.78 is 5.84. The predicted octanol–water partition coefficient (Wildman–Crippen LogP) is 6.18. The van der Waals surface area contributed by atoms with E-state index in [9.17, 15) is 4.79 Å². The van der Waals surface area contributed by atoms with Gasteiger partial charge in [0.1, 0.15) is 11.5 Å². The number of unbranched alkanes of at least 4 members (excludes halogenated alkanes) is 1. The summed E-state index contributed by atoms with van der Waals surface area (Å²) in [4.78, 5) is 20.3. The number of nitrogens with zero attached hydrogens (tertiary/aromatic N) is 2. The summed E-state index contributed by atoms with van der Waals surface area (Å²) in [6.45, 7) is 11.3. The van der Waals surface area contributed by atoms with Crippen LogP contribution in [0.15, 0.2) is 41.4 Å². The molecular weight excluding hydrogens is 372 g/mol. The minimum Gasteiger partial charge on any atom is -0.494 e. The van der Waals surface area contributed by atoms with E-state index in [2.05, 4.69) is 45.9 Å². The lowest BCUT2D eigenvalue weighted by atomic mass is 9.80. The molecule has 0 N–H and O–H groups in total. The summed E-state index contributed by atoms with van der Waals surface area (Å²) in [6.07, 6.45) is 4.37. The van der Waals surface area contributed by atoms with Crippen molar-refractivity contribution in [1.82, 2.24) is 0 Å². The zero-order chi connectivity index (χ0) is 21.5. The molecule has 0 bridgehead atoms. The first kappa shape index (κ1) is 20.6. The van der Waals surface area contributed by atoms with Crippen molar-refractivity contribution in [3.05, 3.63) is 53.1 Å². The molecule has 2 aromatic carbocycles. The van der Waals surface area contributed by atoms with Gasteiger partial charge in [-0.2, -0.15) is 0 Å². The zero-order valence-electron chi connectivity index (χ0n) is 18.8. The van der Waals surface area contributed by atoms with E-state index in [1.165, 1.54) is 24.0 Å². The number of anilines is 1. The summed E-state index contributed by atoms with van der Waals surface area (Å²) in [7, 11) is 0. The lowest BCUT2D eigenvalue weighted by molar-refractivity contribution is -0.113. The molecule has 0 unspecified atom stereocenters. The summed E-state index contributed by atoms with van der Waals surface area (Å²) >= 11 is 0. The molecule has 158 valence electrons. The lowest BCUT2D eigenvalue weighted by Crippen LogP contribution is -2.50. The highest BCUT2D eigenvalue weighted by Gasteiger charge is 2.48. The molecule has 2 aliphatic rings. The Morgan fingerprint density at radius 1 is 1.17 bits per heavy atom. The maximum absolute atomic E-state index is 13.5. The van der Waals surface area contributed by atoms with Gasteiger partial charge in [0, 0.05) is 11.1 Å². The second-order valence-corrected chi connectivity index (χ2v) is 9.13. The molecule has 0 aliphatic carbocycles. The summed E-state index contributed by atoms with van der Waals surface area (Å²) in [5.74, 6) is 1.16. The van der Waals surface area contributed by atoms with Crippen molar-refractivity contribution in [2.75, 3.05) is 11.5 Å². The van der Waals surface area contributed by atoms with Gasteiger partial charge in [-0.1, -0.05) is 32.4 Å². The van der Waals surface area contributed by atoms with Crippen LogP contribution in [0.2, 0.25) is 0 Å². The van der Waals surface area contributed by atoms with Crippen molar-refractivity contribution in [3.8, 4) is 5.75 Å². The molecule has 2 aromatic rings. The van der Waals surface area contributed by atoms with Crippen molar-refractivity contribution in [1.29, 1.82) is 0 Å². The average Bonchev–Trinajstić information content (AvgIpc) is 2.98. The number of rotatable bonds is 6. The number of benzene rings is 2. The third-order valence-corrected chi connectivity index (χ3v) is 6.25. The molecule has 1 atom stereocenters. The molecular formula is C26H32N2O2.